The molecule has 0 radical (unpaired) electrons. The Morgan fingerprint density at radius 2 is 2.14 bits per heavy atom. The minimum absolute atomic E-state index is 0.148. The highest BCUT2D eigenvalue weighted by Crippen LogP contribution is 2.30. The van der Waals surface area contributed by atoms with Gasteiger partial charge in [0.1, 0.15) is 11.3 Å². The first-order valence-electron chi connectivity index (χ1n) is 5.70. The SMILES string of the molecule is Cc1cnc(Oc2ccc([N+](=O)[O-])c(C(=O)O)c2)c(Br)c1. The molecule has 0 amide bonds. The second kappa shape index (κ2) is 5.88. The van der Waals surface area contributed by atoms with E-state index in [2.05, 4.69) is 20.9 Å². The molecule has 0 fully saturated rings. The van der Waals surface area contributed by atoms with Crippen molar-refractivity contribution in [2.24, 2.45) is 0 Å². The van der Waals surface area contributed by atoms with Crippen LogP contribution in [-0.4, -0.2) is 21.0 Å². The molecular weight excluding hydrogens is 344 g/mol. The summed E-state index contributed by atoms with van der Waals surface area (Å²) in [7, 11) is 0. The molecule has 0 saturated carbocycles. The van der Waals surface area contributed by atoms with Gasteiger partial charge in [-0.1, -0.05) is 0 Å². The topological polar surface area (TPSA) is 103 Å². The summed E-state index contributed by atoms with van der Waals surface area (Å²) >= 11 is 3.28. The van der Waals surface area contributed by atoms with Crippen molar-refractivity contribution < 1.29 is 19.6 Å². The highest BCUT2D eigenvalue weighted by Gasteiger charge is 2.21. The van der Waals surface area contributed by atoms with Crippen LogP contribution >= 0.6 is 15.9 Å². The molecule has 1 aromatic carbocycles. The van der Waals surface area contributed by atoms with Gasteiger partial charge in [0, 0.05) is 18.3 Å². The molecule has 1 heterocycles. The molecule has 0 bridgehead atoms. The molecule has 7 nitrogen and oxygen atoms in total. The third-order valence-corrected chi connectivity index (χ3v) is 3.12. The number of pyridine rings is 1. The Bertz CT molecular complexity index is 732. The summed E-state index contributed by atoms with van der Waals surface area (Å²) in [5, 5.41) is 19.8. The predicted octanol–water partition coefficient (Wildman–Crippen LogP) is 3.55. The number of nitrogens with zero attached hydrogens (tertiary/aromatic N) is 2. The van der Waals surface area contributed by atoms with E-state index >= 15 is 0 Å². The Kier molecular flexibility index (Phi) is 4.18. The fraction of sp³-hybridized carbons (Fsp3) is 0.0769. The van der Waals surface area contributed by atoms with Gasteiger partial charge < -0.3 is 9.84 Å². The average molecular weight is 353 g/mol. The number of benzene rings is 1. The number of aromatic nitrogens is 1. The third kappa shape index (κ3) is 3.34. The van der Waals surface area contributed by atoms with Crippen LogP contribution in [0, 0.1) is 17.0 Å². The van der Waals surface area contributed by atoms with Crippen molar-refractivity contribution in [1.82, 2.24) is 4.98 Å². The van der Waals surface area contributed by atoms with Crippen LogP contribution < -0.4 is 4.74 Å². The van der Waals surface area contributed by atoms with Gasteiger partial charge in [-0.05, 0) is 40.5 Å². The Morgan fingerprint density at radius 3 is 2.71 bits per heavy atom. The number of aryl methyl sites for hydroxylation is 1. The zero-order valence-corrected chi connectivity index (χ0v) is 12.3. The van der Waals surface area contributed by atoms with Crippen molar-refractivity contribution >= 4 is 27.6 Å². The summed E-state index contributed by atoms with van der Waals surface area (Å²) in [6.45, 7) is 1.86. The number of nitro benzene ring substituents is 1. The van der Waals surface area contributed by atoms with E-state index in [9.17, 15) is 14.9 Å². The van der Waals surface area contributed by atoms with Crippen LogP contribution in [0.15, 0.2) is 34.9 Å². The molecule has 1 N–H and O–H groups in total. The molecule has 0 aliphatic carbocycles. The van der Waals surface area contributed by atoms with E-state index in [0.717, 1.165) is 17.7 Å². The maximum Gasteiger partial charge on any atom is 0.342 e. The fourth-order valence-corrected chi connectivity index (χ4v) is 2.16. The van der Waals surface area contributed by atoms with Crippen LogP contribution in [0.25, 0.3) is 0 Å². The number of hydrogen-bond acceptors (Lipinski definition) is 5. The molecule has 8 heteroatoms. The van der Waals surface area contributed by atoms with Crippen LogP contribution in [0.1, 0.15) is 15.9 Å². The van der Waals surface area contributed by atoms with Crippen LogP contribution in [0.2, 0.25) is 0 Å². The molecule has 0 atom stereocenters. The van der Waals surface area contributed by atoms with E-state index in [-0.39, 0.29) is 11.6 Å². The molecule has 108 valence electrons. The minimum Gasteiger partial charge on any atom is -0.477 e. The number of ether oxygens (including phenoxy) is 1. The van der Waals surface area contributed by atoms with Gasteiger partial charge in [0.25, 0.3) is 5.69 Å². The lowest BCUT2D eigenvalue weighted by Crippen LogP contribution is -2.03. The first-order valence-corrected chi connectivity index (χ1v) is 6.49. The molecule has 21 heavy (non-hydrogen) atoms. The summed E-state index contributed by atoms with van der Waals surface area (Å²) in [5.74, 6) is -1.01. The number of aromatic carboxylic acids is 1. The number of carbonyl (C=O) groups is 1. The third-order valence-electron chi connectivity index (χ3n) is 2.55. The molecule has 2 rings (SSSR count). The molecule has 0 unspecified atom stereocenters. The van der Waals surface area contributed by atoms with Crippen LogP contribution in [-0.2, 0) is 0 Å². The quantitative estimate of drug-likeness (QED) is 0.666. The number of rotatable bonds is 4. The second-order valence-electron chi connectivity index (χ2n) is 4.14. The summed E-state index contributed by atoms with van der Waals surface area (Å²) in [5.41, 5.74) is -0.0179. The number of hydrogen-bond donors (Lipinski definition) is 1. The average Bonchev–Trinajstić information content (AvgIpc) is 2.41. The lowest BCUT2D eigenvalue weighted by Gasteiger charge is -2.08. The zero-order chi connectivity index (χ0) is 15.6. The first kappa shape index (κ1) is 14.9. The summed E-state index contributed by atoms with van der Waals surface area (Å²) in [6.07, 6.45) is 1.59. The summed E-state index contributed by atoms with van der Waals surface area (Å²) in [6, 6.07) is 5.28. The van der Waals surface area contributed by atoms with Gasteiger partial charge in [0.05, 0.1) is 9.40 Å². The smallest absolute Gasteiger partial charge is 0.342 e. The maximum absolute atomic E-state index is 11.1. The van der Waals surface area contributed by atoms with Gasteiger partial charge in [0.2, 0.25) is 5.88 Å². The van der Waals surface area contributed by atoms with Gasteiger partial charge in [0.15, 0.2) is 0 Å². The Hall–Kier alpha value is -2.48. The minimum atomic E-state index is -1.40. The maximum atomic E-state index is 11.1. The van der Waals surface area contributed by atoms with Crippen molar-refractivity contribution in [2.45, 2.75) is 6.92 Å². The lowest BCUT2D eigenvalue weighted by atomic mass is 10.1. The van der Waals surface area contributed by atoms with Gasteiger partial charge in [-0.3, -0.25) is 10.1 Å². The van der Waals surface area contributed by atoms with Crippen molar-refractivity contribution in [1.29, 1.82) is 0 Å². The summed E-state index contributed by atoms with van der Waals surface area (Å²) in [4.78, 5) is 25.1. The highest BCUT2D eigenvalue weighted by molar-refractivity contribution is 9.10. The van der Waals surface area contributed by atoms with E-state index in [0.29, 0.717) is 4.47 Å². The fourth-order valence-electron chi connectivity index (χ4n) is 1.62. The predicted molar refractivity (Wildman–Crippen MR) is 76.8 cm³/mol. The Balaban J connectivity index is 2.39. The largest absolute Gasteiger partial charge is 0.477 e. The van der Waals surface area contributed by atoms with Gasteiger partial charge in [-0.25, -0.2) is 9.78 Å². The van der Waals surface area contributed by atoms with Crippen molar-refractivity contribution in [3.8, 4) is 11.6 Å². The van der Waals surface area contributed by atoms with Gasteiger partial charge in [-0.15, -0.1) is 0 Å². The standard InChI is InChI=1S/C13H9BrN2O5/c1-7-4-10(14)12(15-6-7)21-8-2-3-11(16(19)20)9(5-8)13(17)18/h2-6H,1H3,(H,17,18). The molecule has 0 aliphatic rings. The first-order chi connectivity index (χ1) is 9.88. The number of halogens is 1. The zero-order valence-electron chi connectivity index (χ0n) is 10.7. The number of nitro groups is 1. The van der Waals surface area contributed by atoms with E-state index in [1.165, 1.54) is 6.07 Å². The van der Waals surface area contributed by atoms with Crippen LogP contribution in [0.3, 0.4) is 0 Å². The lowest BCUT2D eigenvalue weighted by molar-refractivity contribution is -0.385. The van der Waals surface area contributed by atoms with E-state index in [4.69, 9.17) is 9.84 Å². The number of carboxylic acid groups (broad SMARTS) is 1. The molecule has 0 saturated heterocycles. The van der Waals surface area contributed by atoms with E-state index in [1.807, 2.05) is 6.92 Å². The van der Waals surface area contributed by atoms with Crippen molar-refractivity contribution in [2.75, 3.05) is 0 Å². The molecule has 0 spiro atoms. The number of carboxylic acids is 1. The van der Waals surface area contributed by atoms with Gasteiger partial charge >= 0.3 is 5.97 Å². The van der Waals surface area contributed by atoms with E-state index in [1.54, 1.807) is 12.3 Å². The molecule has 2 aromatic rings. The van der Waals surface area contributed by atoms with Crippen LogP contribution in [0.4, 0.5) is 5.69 Å². The second-order valence-corrected chi connectivity index (χ2v) is 5.00. The van der Waals surface area contributed by atoms with Crippen molar-refractivity contribution in [3.05, 3.63) is 56.2 Å². The molecule has 0 aliphatic heterocycles. The normalized spacial score (nSPS) is 10.2. The Morgan fingerprint density at radius 1 is 1.43 bits per heavy atom. The van der Waals surface area contributed by atoms with Crippen molar-refractivity contribution in [3.63, 3.8) is 0 Å². The van der Waals surface area contributed by atoms with E-state index < -0.39 is 22.1 Å². The summed E-state index contributed by atoms with van der Waals surface area (Å²) < 4.78 is 6.04. The Labute approximate surface area is 127 Å². The highest BCUT2D eigenvalue weighted by atomic mass is 79.9. The van der Waals surface area contributed by atoms with Gasteiger partial charge in [-0.2, -0.15) is 0 Å². The monoisotopic (exact) mass is 352 g/mol. The molecular formula is C13H9BrN2O5. The molecule has 1 aromatic heterocycles. The van der Waals surface area contributed by atoms with Crippen LogP contribution in [0.5, 0.6) is 11.6 Å².